The highest BCUT2D eigenvalue weighted by molar-refractivity contribution is 14.1. The van der Waals surface area contributed by atoms with Gasteiger partial charge >= 0.3 is 0 Å². The Kier molecular flexibility index (Phi) is 7.79. The SMILES string of the molecule is CC(CBr)CCCNC(=O)c1cc(I)ccc1Br. The predicted molar refractivity (Wildman–Crippen MR) is 91.4 cm³/mol. The van der Waals surface area contributed by atoms with Gasteiger partial charge in [0.25, 0.3) is 5.91 Å². The first-order valence-corrected chi connectivity index (χ1v) is 8.83. The molecule has 0 aliphatic carbocycles. The standard InChI is InChI=1S/C13H16Br2INO/c1-9(8-14)3-2-6-17-13(18)11-7-10(16)4-5-12(11)15/h4-5,7,9H,2-3,6,8H2,1H3,(H,17,18). The van der Waals surface area contributed by atoms with E-state index in [1.54, 1.807) is 0 Å². The van der Waals surface area contributed by atoms with E-state index in [2.05, 4.69) is 66.7 Å². The number of rotatable bonds is 6. The van der Waals surface area contributed by atoms with E-state index < -0.39 is 0 Å². The molecule has 1 N–H and O–H groups in total. The van der Waals surface area contributed by atoms with E-state index in [0.717, 1.165) is 32.8 Å². The van der Waals surface area contributed by atoms with E-state index in [1.807, 2.05) is 18.2 Å². The lowest BCUT2D eigenvalue weighted by atomic mass is 10.1. The minimum absolute atomic E-state index is 0.00751. The van der Waals surface area contributed by atoms with Crippen LogP contribution in [0.4, 0.5) is 0 Å². The van der Waals surface area contributed by atoms with E-state index in [9.17, 15) is 4.79 Å². The molecule has 1 amide bonds. The zero-order chi connectivity index (χ0) is 13.5. The number of hydrogen-bond acceptors (Lipinski definition) is 1. The van der Waals surface area contributed by atoms with Crippen molar-refractivity contribution in [1.29, 1.82) is 0 Å². The predicted octanol–water partition coefficient (Wildman–Crippen LogP) is 4.59. The van der Waals surface area contributed by atoms with Crippen LogP contribution in [0.1, 0.15) is 30.1 Å². The van der Waals surface area contributed by atoms with Crippen LogP contribution < -0.4 is 5.32 Å². The van der Waals surface area contributed by atoms with Gasteiger partial charge in [-0.1, -0.05) is 22.9 Å². The molecule has 1 aromatic rings. The molecular weight excluding hydrogens is 473 g/mol. The van der Waals surface area contributed by atoms with Gasteiger partial charge in [0.05, 0.1) is 5.56 Å². The lowest BCUT2D eigenvalue weighted by Crippen LogP contribution is -2.25. The summed E-state index contributed by atoms with van der Waals surface area (Å²) < 4.78 is 1.91. The maximum atomic E-state index is 12.0. The van der Waals surface area contributed by atoms with Crippen molar-refractivity contribution >= 4 is 60.4 Å². The van der Waals surface area contributed by atoms with Crippen LogP contribution in [0.15, 0.2) is 22.7 Å². The molecule has 5 heteroatoms. The first kappa shape index (κ1) is 16.4. The van der Waals surface area contributed by atoms with E-state index in [0.29, 0.717) is 11.5 Å². The second-order valence-electron chi connectivity index (χ2n) is 4.28. The van der Waals surface area contributed by atoms with Gasteiger partial charge in [-0.2, -0.15) is 0 Å². The van der Waals surface area contributed by atoms with Gasteiger partial charge in [0.1, 0.15) is 0 Å². The normalized spacial score (nSPS) is 12.2. The summed E-state index contributed by atoms with van der Waals surface area (Å²) in [5.74, 6) is 0.651. The van der Waals surface area contributed by atoms with Crippen LogP contribution in [0, 0.1) is 9.49 Å². The summed E-state index contributed by atoms with van der Waals surface area (Å²) in [5.41, 5.74) is 0.704. The fourth-order valence-electron chi connectivity index (χ4n) is 1.50. The van der Waals surface area contributed by atoms with Gasteiger partial charge in [-0.25, -0.2) is 0 Å². The van der Waals surface area contributed by atoms with Gasteiger partial charge in [0.2, 0.25) is 0 Å². The third kappa shape index (κ3) is 5.57. The summed E-state index contributed by atoms with van der Waals surface area (Å²) in [4.78, 5) is 12.0. The van der Waals surface area contributed by atoms with Crippen LogP contribution in [-0.4, -0.2) is 17.8 Å². The summed E-state index contributed by atoms with van der Waals surface area (Å²) in [5, 5.41) is 3.98. The fraction of sp³-hybridized carbons (Fsp3) is 0.462. The van der Waals surface area contributed by atoms with E-state index >= 15 is 0 Å². The Morgan fingerprint density at radius 2 is 2.22 bits per heavy atom. The Bertz CT molecular complexity index is 412. The second-order valence-corrected chi connectivity index (χ2v) is 7.03. The van der Waals surface area contributed by atoms with Crippen LogP contribution in [-0.2, 0) is 0 Å². The molecule has 0 fully saturated rings. The largest absolute Gasteiger partial charge is 0.352 e. The number of benzene rings is 1. The van der Waals surface area contributed by atoms with Crippen molar-refractivity contribution in [2.45, 2.75) is 19.8 Å². The lowest BCUT2D eigenvalue weighted by molar-refractivity contribution is 0.0951. The Balaban J connectivity index is 2.43. The first-order valence-electron chi connectivity index (χ1n) is 5.83. The zero-order valence-corrected chi connectivity index (χ0v) is 15.5. The molecule has 2 nitrogen and oxygen atoms in total. The summed E-state index contributed by atoms with van der Waals surface area (Å²) in [6.07, 6.45) is 2.14. The molecule has 0 saturated carbocycles. The average molecular weight is 489 g/mol. The van der Waals surface area contributed by atoms with Crippen LogP contribution in [0.5, 0.6) is 0 Å². The highest BCUT2D eigenvalue weighted by Gasteiger charge is 2.10. The summed E-state index contributed by atoms with van der Waals surface area (Å²) >= 11 is 9.07. The quantitative estimate of drug-likeness (QED) is 0.354. The molecule has 0 radical (unpaired) electrons. The minimum atomic E-state index is -0.00751. The van der Waals surface area contributed by atoms with Crippen LogP contribution >= 0.6 is 54.5 Å². The molecule has 0 aliphatic rings. The maximum Gasteiger partial charge on any atom is 0.252 e. The molecule has 1 aromatic carbocycles. The van der Waals surface area contributed by atoms with E-state index in [1.165, 1.54) is 0 Å². The van der Waals surface area contributed by atoms with Crippen LogP contribution in [0.25, 0.3) is 0 Å². The lowest BCUT2D eigenvalue weighted by Gasteiger charge is -2.09. The molecule has 0 bridgehead atoms. The highest BCUT2D eigenvalue weighted by Crippen LogP contribution is 2.19. The van der Waals surface area contributed by atoms with Gasteiger partial charge in [-0.3, -0.25) is 4.79 Å². The number of nitrogens with one attached hydrogen (secondary N) is 1. The van der Waals surface area contributed by atoms with Gasteiger partial charge in [0, 0.05) is 19.9 Å². The molecule has 1 rings (SSSR count). The second kappa shape index (κ2) is 8.53. The van der Waals surface area contributed by atoms with Crippen molar-refractivity contribution in [2.24, 2.45) is 5.92 Å². The minimum Gasteiger partial charge on any atom is -0.352 e. The van der Waals surface area contributed by atoms with Crippen molar-refractivity contribution < 1.29 is 4.79 Å². The van der Waals surface area contributed by atoms with Crippen LogP contribution in [0.2, 0.25) is 0 Å². The Hall–Kier alpha value is 0.380. The molecule has 1 unspecified atom stereocenters. The molecule has 0 heterocycles. The molecule has 1 atom stereocenters. The number of halogens is 3. The molecule has 100 valence electrons. The summed E-state index contributed by atoms with van der Waals surface area (Å²) in [7, 11) is 0. The molecular formula is C13H16Br2INO. The smallest absolute Gasteiger partial charge is 0.252 e. The Labute approximate surface area is 139 Å². The molecule has 0 aliphatic heterocycles. The van der Waals surface area contributed by atoms with Gasteiger partial charge < -0.3 is 5.32 Å². The van der Waals surface area contributed by atoms with Crippen molar-refractivity contribution in [2.75, 3.05) is 11.9 Å². The van der Waals surface area contributed by atoms with E-state index in [-0.39, 0.29) is 5.91 Å². The number of carbonyl (C=O) groups is 1. The number of carbonyl (C=O) groups excluding carboxylic acids is 1. The Morgan fingerprint density at radius 1 is 1.50 bits per heavy atom. The molecule has 18 heavy (non-hydrogen) atoms. The molecule has 0 aromatic heterocycles. The topological polar surface area (TPSA) is 29.1 Å². The Morgan fingerprint density at radius 3 is 2.89 bits per heavy atom. The van der Waals surface area contributed by atoms with E-state index in [4.69, 9.17) is 0 Å². The number of hydrogen-bond donors (Lipinski definition) is 1. The summed E-state index contributed by atoms with van der Waals surface area (Å²) in [6, 6.07) is 5.77. The maximum absolute atomic E-state index is 12.0. The fourth-order valence-corrected chi connectivity index (χ4v) is 2.74. The molecule has 0 saturated heterocycles. The summed E-state index contributed by atoms with van der Waals surface area (Å²) in [6.45, 7) is 2.93. The monoisotopic (exact) mass is 487 g/mol. The van der Waals surface area contributed by atoms with Crippen molar-refractivity contribution in [3.63, 3.8) is 0 Å². The molecule has 0 spiro atoms. The highest BCUT2D eigenvalue weighted by atomic mass is 127. The van der Waals surface area contributed by atoms with Crippen LogP contribution in [0.3, 0.4) is 0 Å². The third-order valence-corrected chi connectivity index (χ3v) is 5.06. The number of alkyl halides is 1. The zero-order valence-electron chi connectivity index (χ0n) is 10.2. The van der Waals surface area contributed by atoms with Gasteiger partial charge in [0.15, 0.2) is 0 Å². The van der Waals surface area contributed by atoms with Crippen molar-refractivity contribution in [1.82, 2.24) is 5.32 Å². The average Bonchev–Trinajstić information content (AvgIpc) is 2.36. The van der Waals surface area contributed by atoms with Crippen molar-refractivity contribution in [3.05, 3.63) is 31.8 Å². The third-order valence-electron chi connectivity index (χ3n) is 2.60. The van der Waals surface area contributed by atoms with Gasteiger partial charge in [-0.05, 0) is 75.5 Å². The number of amides is 1. The first-order chi connectivity index (χ1) is 8.54. The van der Waals surface area contributed by atoms with Gasteiger partial charge in [-0.15, -0.1) is 0 Å². The van der Waals surface area contributed by atoms with Crippen molar-refractivity contribution in [3.8, 4) is 0 Å².